The van der Waals surface area contributed by atoms with Crippen molar-refractivity contribution in [2.24, 2.45) is 5.92 Å². The van der Waals surface area contributed by atoms with Crippen molar-refractivity contribution in [3.05, 3.63) is 48.8 Å². The fraction of sp³-hybridized carbons (Fsp3) is 0.500. The number of fused-ring (bicyclic) bond motifs is 1. The van der Waals surface area contributed by atoms with Crippen LogP contribution in [0.2, 0.25) is 0 Å². The Labute approximate surface area is 216 Å². The third kappa shape index (κ3) is 4.77. The zero-order valence-corrected chi connectivity index (χ0v) is 21.3. The first kappa shape index (κ1) is 24.2. The molecule has 0 bridgehead atoms. The minimum atomic E-state index is -2.66. The second-order valence-corrected chi connectivity index (χ2v) is 10.5. The van der Waals surface area contributed by atoms with Crippen LogP contribution in [0.15, 0.2) is 48.8 Å². The van der Waals surface area contributed by atoms with Crippen LogP contribution in [0.3, 0.4) is 0 Å². The van der Waals surface area contributed by atoms with E-state index in [0.717, 1.165) is 55.1 Å². The van der Waals surface area contributed by atoms with Crippen LogP contribution in [0.5, 0.6) is 0 Å². The normalized spacial score (nSPS) is 20.9. The average molecular weight is 509 g/mol. The summed E-state index contributed by atoms with van der Waals surface area (Å²) < 4.78 is 28.3. The van der Waals surface area contributed by atoms with Gasteiger partial charge in [0.15, 0.2) is 0 Å². The molecule has 1 aromatic carbocycles. The Bertz CT molecular complexity index is 1250. The first-order chi connectivity index (χ1) is 17.9. The summed E-state index contributed by atoms with van der Waals surface area (Å²) >= 11 is 0. The quantitative estimate of drug-likeness (QED) is 0.524. The predicted molar refractivity (Wildman–Crippen MR) is 141 cm³/mol. The highest BCUT2D eigenvalue weighted by molar-refractivity contribution is 5.82. The predicted octanol–water partition coefficient (Wildman–Crippen LogP) is 3.84. The molecule has 1 amide bonds. The number of carbonyl (C=O) groups excluding carboxylic acids is 1. The highest BCUT2D eigenvalue weighted by Crippen LogP contribution is 2.43. The highest BCUT2D eigenvalue weighted by Gasteiger charge is 2.50. The minimum Gasteiger partial charge on any atom is -0.369 e. The van der Waals surface area contributed by atoms with E-state index < -0.39 is 11.8 Å². The van der Waals surface area contributed by atoms with Crippen LogP contribution < -0.4 is 9.80 Å². The Kier molecular flexibility index (Phi) is 6.26. The molecule has 0 unspecified atom stereocenters. The van der Waals surface area contributed by atoms with Crippen molar-refractivity contribution in [3.63, 3.8) is 0 Å². The van der Waals surface area contributed by atoms with E-state index in [1.54, 1.807) is 11.1 Å². The maximum absolute atomic E-state index is 13.2. The number of benzene rings is 1. The van der Waals surface area contributed by atoms with Gasteiger partial charge in [-0.25, -0.2) is 13.3 Å². The van der Waals surface area contributed by atoms with Gasteiger partial charge >= 0.3 is 0 Å². The summed E-state index contributed by atoms with van der Waals surface area (Å²) in [5.74, 6) is -3.30. The number of likely N-dealkylation sites (N-methyl/N-ethyl adjacent to an activating group) is 1. The van der Waals surface area contributed by atoms with E-state index in [4.69, 9.17) is 0 Å². The van der Waals surface area contributed by atoms with Crippen LogP contribution in [0.1, 0.15) is 19.8 Å². The number of aromatic nitrogens is 2. The summed E-state index contributed by atoms with van der Waals surface area (Å²) in [4.78, 5) is 21.5. The first-order valence-electron chi connectivity index (χ1n) is 13.4. The maximum Gasteiger partial charge on any atom is 0.249 e. The number of halogens is 2. The summed E-state index contributed by atoms with van der Waals surface area (Å²) in [6.45, 7) is 10.1. The summed E-state index contributed by atoms with van der Waals surface area (Å²) in [6.07, 6.45) is 3.25. The number of nitrogens with zero attached hydrogens (tertiary/aromatic N) is 6. The van der Waals surface area contributed by atoms with Crippen molar-refractivity contribution < 1.29 is 13.6 Å². The summed E-state index contributed by atoms with van der Waals surface area (Å²) in [7, 11) is 0. The summed E-state index contributed by atoms with van der Waals surface area (Å²) in [5.41, 5.74) is 5.63. The molecule has 196 valence electrons. The smallest absolute Gasteiger partial charge is 0.249 e. The molecule has 6 rings (SSSR count). The zero-order chi connectivity index (χ0) is 25.6. The minimum absolute atomic E-state index is 0.119. The largest absolute Gasteiger partial charge is 0.369 e. The molecule has 4 heterocycles. The van der Waals surface area contributed by atoms with E-state index in [-0.39, 0.29) is 18.7 Å². The van der Waals surface area contributed by atoms with Gasteiger partial charge in [0.25, 0.3) is 0 Å². The molecule has 0 radical (unpaired) electrons. The molecule has 3 fully saturated rings. The Hall–Kier alpha value is -3.20. The SMILES string of the molecule is CCN1CCN(c2ccc(-c3cc4c(N5CCN(C(=O)C6CC(F)(F)C6)CC5)ccnn4c3)cc2)CC1. The monoisotopic (exact) mass is 508 g/mol. The van der Waals surface area contributed by atoms with Crippen molar-refractivity contribution >= 4 is 22.8 Å². The Morgan fingerprint density at radius 2 is 1.59 bits per heavy atom. The van der Waals surface area contributed by atoms with Crippen molar-refractivity contribution in [2.45, 2.75) is 25.7 Å². The van der Waals surface area contributed by atoms with Gasteiger partial charge in [0.2, 0.25) is 11.8 Å². The van der Waals surface area contributed by atoms with Gasteiger partial charge < -0.3 is 19.6 Å². The number of hydrogen-bond acceptors (Lipinski definition) is 5. The third-order valence-corrected chi connectivity index (χ3v) is 8.24. The lowest BCUT2D eigenvalue weighted by molar-refractivity contribution is -0.160. The lowest BCUT2D eigenvalue weighted by Crippen LogP contribution is -2.53. The molecule has 2 aromatic heterocycles. The molecule has 1 aliphatic carbocycles. The van der Waals surface area contributed by atoms with Crippen LogP contribution >= 0.6 is 0 Å². The van der Waals surface area contributed by atoms with Crippen molar-refractivity contribution in [2.75, 3.05) is 68.7 Å². The third-order valence-electron chi connectivity index (χ3n) is 8.24. The molecule has 0 N–H and O–H groups in total. The van der Waals surface area contributed by atoms with Crippen molar-refractivity contribution in [1.29, 1.82) is 0 Å². The van der Waals surface area contributed by atoms with Gasteiger partial charge in [0.05, 0.1) is 11.2 Å². The molecule has 7 nitrogen and oxygen atoms in total. The fourth-order valence-corrected chi connectivity index (χ4v) is 5.87. The van der Waals surface area contributed by atoms with E-state index in [9.17, 15) is 13.6 Å². The number of piperazine rings is 2. The molecule has 2 aliphatic heterocycles. The molecule has 0 atom stereocenters. The molecular weight excluding hydrogens is 474 g/mol. The molecular formula is C28H34F2N6O. The molecule has 3 aromatic rings. The summed E-state index contributed by atoms with van der Waals surface area (Å²) in [6, 6.07) is 13.0. The van der Waals surface area contributed by atoms with Crippen LogP contribution in [0.25, 0.3) is 16.6 Å². The fourth-order valence-electron chi connectivity index (χ4n) is 5.87. The molecule has 37 heavy (non-hydrogen) atoms. The Balaban J connectivity index is 1.13. The van der Waals surface area contributed by atoms with Crippen LogP contribution in [0.4, 0.5) is 20.2 Å². The zero-order valence-electron chi connectivity index (χ0n) is 21.3. The van der Waals surface area contributed by atoms with E-state index in [0.29, 0.717) is 26.2 Å². The first-order valence-corrected chi connectivity index (χ1v) is 13.4. The molecule has 2 saturated heterocycles. The van der Waals surface area contributed by atoms with E-state index in [2.05, 4.69) is 63.3 Å². The van der Waals surface area contributed by atoms with Gasteiger partial charge in [-0.05, 0) is 36.4 Å². The van der Waals surface area contributed by atoms with Gasteiger partial charge in [-0.2, -0.15) is 5.10 Å². The lowest BCUT2D eigenvalue weighted by atomic mass is 9.80. The summed E-state index contributed by atoms with van der Waals surface area (Å²) in [5, 5.41) is 4.53. The second-order valence-electron chi connectivity index (χ2n) is 10.5. The number of amides is 1. The van der Waals surface area contributed by atoms with Crippen molar-refractivity contribution in [1.82, 2.24) is 19.4 Å². The molecule has 1 saturated carbocycles. The van der Waals surface area contributed by atoms with Gasteiger partial charge in [0.1, 0.15) is 0 Å². The number of anilines is 2. The molecule has 9 heteroatoms. The lowest BCUT2D eigenvalue weighted by Gasteiger charge is -2.41. The molecule has 0 spiro atoms. The number of rotatable bonds is 5. The Morgan fingerprint density at radius 3 is 2.24 bits per heavy atom. The standard InChI is InChI=1S/C28H34F2N6O/c1-2-32-9-11-33(12-10-32)24-5-3-21(4-6-24)22-17-26-25(7-8-31-36(26)20-22)34-13-15-35(16-14-34)27(37)23-18-28(29,30)19-23/h3-8,17,20,23H,2,9-16,18-19H2,1H3. The number of carbonyl (C=O) groups is 1. The van der Waals surface area contributed by atoms with Gasteiger partial charge in [-0.3, -0.25) is 4.79 Å². The van der Waals surface area contributed by atoms with Gasteiger partial charge in [-0.1, -0.05) is 19.1 Å². The average Bonchev–Trinajstić information content (AvgIpc) is 3.36. The van der Waals surface area contributed by atoms with Crippen molar-refractivity contribution in [3.8, 4) is 11.1 Å². The second kappa shape index (κ2) is 9.59. The number of hydrogen-bond donors (Lipinski definition) is 0. The van der Waals surface area contributed by atoms with E-state index in [1.165, 1.54) is 5.69 Å². The van der Waals surface area contributed by atoms with Crippen LogP contribution in [-0.4, -0.2) is 90.1 Å². The van der Waals surface area contributed by atoms with E-state index >= 15 is 0 Å². The van der Waals surface area contributed by atoms with Gasteiger partial charge in [0, 0.05) is 94.8 Å². The topological polar surface area (TPSA) is 47.3 Å². The van der Waals surface area contributed by atoms with Gasteiger partial charge in [-0.15, -0.1) is 0 Å². The highest BCUT2D eigenvalue weighted by atomic mass is 19.3. The van der Waals surface area contributed by atoms with Crippen LogP contribution in [0, 0.1) is 5.92 Å². The maximum atomic E-state index is 13.2. The Morgan fingerprint density at radius 1 is 0.919 bits per heavy atom. The van der Waals surface area contributed by atoms with E-state index in [1.807, 2.05) is 10.6 Å². The van der Waals surface area contributed by atoms with Crippen LogP contribution in [-0.2, 0) is 4.79 Å². The number of alkyl halides is 2. The molecule has 3 aliphatic rings.